The van der Waals surface area contributed by atoms with Crippen molar-refractivity contribution in [3.05, 3.63) is 144 Å². The lowest BCUT2D eigenvalue weighted by atomic mass is 9.91. The van der Waals surface area contributed by atoms with Crippen molar-refractivity contribution in [3.8, 4) is 0 Å². The van der Waals surface area contributed by atoms with E-state index < -0.39 is 96.4 Å². The number of carbonyl (C=O) groups is 5. The van der Waals surface area contributed by atoms with Gasteiger partial charge in [-0.3, -0.25) is 19.2 Å². The molecule has 16 nitrogen and oxygen atoms in total. The maximum atomic E-state index is 14.2. The predicted octanol–water partition coefficient (Wildman–Crippen LogP) is 7.10. The summed E-state index contributed by atoms with van der Waals surface area (Å²) in [6, 6.07) is 34.6. The van der Waals surface area contributed by atoms with Gasteiger partial charge in [0, 0.05) is 6.54 Å². The first kappa shape index (κ1) is 57.7. The highest BCUT2D eigenvalue weighted by atomic mass is 16.6. The minimum absolute atomic E-state index is 0.0541. The van der Waals surface area contributed by atoms with Crippen LogP contribution >= 0.6 is 0 Å². The molecule has 16 heteroatoms. The minimum Gasteiger partial charge on any atom is -0.461 e. The highest BCUT2D eigenvalue weighted by Gasteiger charge is 2.48. The summed E-state index contributed by atoms with van der Waals surface area (Å²) >= 11 is 0. The molecule has 0 aromatic heterocycles. The number of aliphatic hydroxyl groups is 1. The fourth-order valence-corrected chi connectivity index (χ4v) is 8.27. The van der Waals surface area contributed by atoms with Crippen molar-refractivity contribution in [2.24, 2.45) is 11.8 Å². The largest absolute Gasteiger partial charge is 0.461 e. The lowest BCUT2D eigenvalue weighted by Gasteiger charge is -2.46. The van der Waals surface area contributed by atoms with Crippen LogP contribution in [0.3, 0.4) is 0 Å². The third-order valence-corrected chi connectivity index (χ3v) is 11.9. The molecule has 1 aliphatic rings. The number of alkyl carbamates (subject to hydrolysis) is 1. The van der Waals surface area contributed by atoms with Gasteiger partial charge >= 0.3 is 12.1 Å². The van der Waals surface area contributed by atoms with Crippen molar-refractivity contribution in [3.63, 3.8) is 0 Å². The Morgan fingerprint density at radius 1 is 0.589 bits per heavy atom. The van der Waals surface area contributed by atoms with E-state index >= 15 is 0 Å². The number of nitrogens with one attached hydrogen (secondary N) is 4. The smallest absolute Gasteiger partial charge is 0.408 e. The van der Waals surface area contributed by atoms with Crippen LogP contribution in [0.15, 0.2) is 121 Å². The predicted molar refractivity (Wildman–Crippen MR) is 275 cm³/mol. The van der Waals surface area contributed by atoms with Gasteiger partial charge in [0.05, 0.1) is 39.0 Å². The second kappa shape index (κ2) is 29.5. The molecule has 0 saturated carbocycles. The molecule has 396 valence electrons. The Bertz CT molecular complexity index is 2280. The second-order valence-corrected chi connectivity index (χ2v) is 20.1. The molecule has 4 amide bonds. The monoisotopic (exact) mass is 1010 g/mol. The van der Waals surface area contributed by atoms with Crippen LogP contribution in [0.25, 0.3) is 0 Å². The molecule has 1 aliphatic heterocycles. The Morgan fingerprint density at radius 2 is 1.05 bits per heavy atom. The molecule has 5 rings (SSSR count). The molecule has 0 radical (unpaired) electrons. The van der Waals surface area contributed by atoms with Gasteiger partial charge in [-0.15, -0.1) is 0 Å². The molecule has 5 N–H and O–H groups in total. The molecule has 4 aromatic carbocycles. The second-order valence-electron chi connectivity index (χ2n) is 20.1. The van der Waals surface area contributed by atoms with E-state index in [0.717, 1.165) is 22.3 Å². The summed E-state index contributed by atoms with van der Waals surface area (Å²) in [5.41, 5.74) is 2.73. The zero-order valence-electron chi connectivity index (χ0n) is 43.3. The maximum absolute atomic E-state index is 14.2. The van der Waals surface area contributed by atoms with Crippen molar-refractivity contribution in [2.75, 3.05) is 13.2 Å². The zero-order valence-corrected chi connectivity index (χ0v) is 43.3. The summed E-state index contributed by atoms with van der Waals surface area (Å²) in [4.78, 5) is 68.2. The molecule has 1 heterocycles. The summed E-state index contributed by atoms with van der Waals surface area (Å²) < 4.78 is 37.5. The minimum atomic E-state index is -1.48. The maximum Gasteiger partial charge on any atom is 0.408 e. The van der Waals surface area contributed by atoms with Crippen molar-refractivity contribution in [1.29, 1.82) is 0 Å². The molecular formula is C57H76N4O12. The summed E-state index contributed by atoms with van der Waals surface area (Å²) in [7, 11) is 0. The Kier molecular flexibility index (Phi) is 23.3. The van der Waals surface area contributed by atoms with Crippen LogP contribution in [0, 0.1) is 11.8 Å². The van der Waals surface area contributed by atoms with Crippen LogP contribution in [0.1, 0.15) is 96.4 Å². The van der Waals surface area contributed by atoms with E-state index in [1.54, 1.807) is 58.9 Å². The van der Waals surface area contributed by atoms with Gasteiger partial charge in [0.1, 0.15) is 54.7 Å². The van der Waals surface area contributed by atoms with Crippen LogP contribution in [0.5, 0.6) is 0 Å². The van der Waals surface area contributed by atoms with E-state index in [1.807, 2.05) is 111 Å². The Morgan fingerprint density at radius 3 is 1.52 bits per heavy atom. The van der Waals surface area contributed by atoms with Crippen molar-refractivity contribution in [1.82, 2.24) is 21.3 Å². The lowest BCUT2D eigenvalue weighted by Crippen LogP contribution is -2.61. The SMILES string of the molecule is CC(C)CC(NC(=O)OC(C)(C)C)C(=O)NC(CC(=O)OCc1ccccc1)C(=O)NC(C(=O)NCCCC1OC(CO)C(OCc2ccccc2)C(OCc2ccccc2)C1OCc1ccccc1)C(C)C. The fourth-order valence-electron chi connectivity index (χ4n) is 8.27. The van der Waals surface area contributed by atoms with Gasteiger partial charge in [-0.05, 0) is 74.1 Å². The molecule has 4 aromatic rings. The number of rotatable bonds is 27. The van der Waals surface area contributed by atoms with E-state index in [1.165, 1.54) is 0 Å². The van der Waals surface area contributed by atoms with Crippen LogP contribution < -0.4 is 21.3 Å². The number of benzene rings is 4. The average molecular weight is 1010 g/mol. The topological polar surface area (TPSA) is 209 Å². The summed E-state index contributed by atoms with van der Waals surface area (Å²) in [6.07, 6.45) is -3.77. The highest BCUT2D eigenvalue weighted by Crippen LogP contribution is 2.32. The van der Waals surface area contributed by atoms with Gasteiger partial charge in [-0.2, -0.15) is 0 Å². The molecule has 0 bridgehead atoms. The molecule has 8 unspecified atom stereocenters. The third kappa shape index (κ3) is 20.0. The summed E-state index contributed by atoms with van der Waals surface area (Å²) in [5, 5.41) is 21.8. The van der Waals surface area contributed by atoms with Gasteiger partial charge in [-0.25, -0.2) is 4.79 Å². The number of hydrogen-bond donors (Lipinski definition) is 5. The first-order valence-corrected chi connectivity index (χ1v) is 25.3. The first-order chi connectivity index (χ1) is 35.0. The van der Waals surface area contributed by atoms with E-state index in [0.29, 0.717) is 12.8 Å². The molecule has 8 atom stereocenters. The Balaban J connectivity index is 1.30. The number of esters is 1. The molecule has 0 aliphatic carbocycles. The lowest BCUT2D eigenvalue weighted by molar-refractivity contribution is -0.271. The molecule has 73 heavy (non-hydrogen) atoms. The van der Waals surface area contributed by atoms with Gasteiger partial charge in [0.2, 0.25) is 17.7 Å². The summed E-state index contributed by atoms with van der Waals surface area (Å²) in [5.74, 6) is -3.25. The molecule has 0 spiro atoms. The van der Waals surface area contributed by atoms with Gasteiger partial charge in [0.25, 0.3) is 0 Å². The van der Waals surface area contributed by atoms with E-state index in [9.17, 15) is 29.1 Å². The van der Waals surface area contributed by atoms with E-state index in [4.69, 9.17) is 28.4 Å². The standard InChI is InChI=1S/C57H76N4O12/c1-38(2)31-44(60-56(67)73-57(5,6)7)53(64)59-45(32-48(63)68-34-40-21-12-8-13-22-40)54(65)61-49(39(3)4)55(66)58-30-20-29-46-50(69-35-41-23-14-9-15-24-41)52(71-37-43-27-18-11-19-28-43)51(47(33-62)72-46)70-36-42-25-16-10-17-26-42/h8-19,21-28,38-39,44-47,49-52,62H,20,29-37H2,1-7H3,(H,58,66)(H,59,64)(H,60,67)(H,61,65). The van der Waals surface area contributed by atoms with Crippen LogP contribution in [0.2, 0.25) is 0 Å². The number of amides is 4. The van der Waals surface area contributed by atoms with Crippen molar-refractivity contribution < 1.29 is 57.5 Å². The Labute approximate surface area is 430 Å². The first-order valence-electron chi connectivity index (χ1n) is 25.3. The number of carbonyl (C=O) groups excluding carboxylic acids is 5. The molecule has 1 fully saturated rings. The quantitative estimate of drug-likeness (QED) is 0.0300. The normalized spacial score (nSPS) is 19.0. The van der Waals surface area contributed by atoms with Gasteiger partial charge in [-0.1, -0.05) is 149 Å². The van der Waals surface area contributed by atoms with E-state index in [2.05, 4.69) is 21.3 Å². The zero-order chi connectivity index (χ0) is 52.8. The van der Waals surface area contributed by atoms with Crippen LogP contribution in [0.4, 0.5) is 4.79 Å². The number of hydrogen-bond acceptors (Lipinski definition) is 12. The van der Waals surface area contributed by atoms with Gasteiger partial charge in [0.15, 0.2) is 0 Å². The number of ether oxygens (including phenoxy) is 6. The third-order valence-electron chi connectivity index (χ3n) is 11.9. The average Bonchev–Trinajstić information content (AvgIpc) is 3.36. The van der Waals surface area contributed by atoms with E-state index in [-0.39, 0.29) is 51.9 Å². The van der Waals surface area contributed by atoms with Crippen molar-refractivity contribution >= 4 is 29.8 Å². The highest BCUT2D eigenvalue weighted by molar-refractivity contribution is 5.95. The molecule has 1 saturated heterocycles. The van der Waals surface area contributed by atoms with Crippen LogP contribution in [-0.4, -0.2) is 102 Å². The van der Waals surface area contributed by atoms with Crippen LogP contribution in [-0.2, 0) is 74.0 Å². The molecular weight excluding hydrogens is 933 g/mol. The summed E-state index contributed by atoms with van der Waals surface area (Å²) in [6.45, 7) is 12.9. The van der Waals surface area contributed by atoms with Gasteiger partial charge < -0.3 is 54.8 Å². The van der Waals surface area contributed by atoms with Crippen molar-refractivity contribution in [2.45, 2.75) is 155 Å². The Hall–Kier alpha value is -6.17. The fraction of sp³-hybridized carbons (Fsp3) is 0.491. The number of aliphatic hydroxyl groups excluding tert-OH is 1.